The van der Waals surface area contributed by atoms with Gasteiger partial charge in [-0.3, -0.25) is 4.79 Å². The number of amides is 2. The number of hydrogen-bond donors (Lipinski definition) is 1. The number of rotatable bonds is 7. The number of anilines is 1. The zero-order valence-electron chi connectivity index (χ0n) is 15.2. The van der Waals surface area contributed by atoms with Crippen LogP contribution in [0.3, 0.4) is 0 Å². The molecule has 0 aliphatic heterocycles. The van der Waals surface area contributed by atoms with Crippen molar-refractivity contribution in [2.45, 2.75) is 40.2 Å². The molecule has 0 aliphatic carbocycles. The predicted octanol–water partition coefficient (Wildman–Crippen LogP) is 3.61. The van der Waals surface area contributed by atoms with E-state index in [1.54, 1.807) is 4.90 Å². The highest BCUT2D eigenvalue weighted by Crippen LogP contribution is 2.17. The van der Waals surface area contributed by atoms with Gasteiger partial charge in [0.25, 0.3) is 0 Å². The van der Waals surface area contributed by atoms with E-state index in [1.165, 1.54) is 11.8 Å². The largest absolute Gasteiger partial charge is 0.444 e. The van der Waals surface area contributed by atoms with E-state index >= 15 is 0 Å². The highest BCUT2D eigenvalue weighted by atomic mass is 32.2. The van der Waals surface area contributed by atoms with Crippen LogP contribution in [0.1, 0.15) is 33.3 Å². The van der Waals surface area contributed by atoms with Gasteiger partial charge in [0.1, 0.15) is 5.60 Å². The zero-order chi connectivity index (χ0) is 18.2. The van der Waals surface area contributed by atoms with Crippen LogP contribution in [-0.4, -0.2) is 42.2 Å². The van der Waals surface area contributed by atoms with Gasteiger partial charge in [-0.1, -0.05) is 12.1 Å². The third-order valence-electron chi connectivity index (χ3n) is 3.07. The minimum atomic E-state index is -0.497. The van der Waals surface area contributed by atoms with Crippen LogP contribution < -0.4 is 10.2 Å². The van der Waals surface area contributed by atoms with Crippen LogP contribution in [0.15, 0.2) is 24.3 Å². The molecule has 2 amide bonds. The van der Waals surface area contributed by atoms with E-state index in [1.807, 2.05) is 58.9 Å². The number of alkyl carbamates (subject to hydrolysis) is 1. The molecule has 24 heavy (non-hydrogen) atoms. The third kappa shape index (κ3) is 7.73. The van der Waals surface area contributed by atoms with Crippen molar-refractivity contribution in [3.8, 4) is 0 Å². The SMILES string of the molecule is CCN(C(=O)CSCCNC(=O)OC(C)(C)C)c1cccc(C)c1. The van der Waals surface area contributed by atoms with Gasteiger partial charge in [-0.25, -0.2) is 4.79 Å². The fourth-order valence-corrected chi connectivity index (χ4v) is 2.80. The van der Waals surface area contributed by atoms with Crippen molar-refractivity contribution < 1.29 is 14.3 Å². The molecule has 0 unspecified atom stereocenters. The molecule has 0 atom stereocenters. The number of carbonyl (C=O) groups is 2. The van der Waals surface area contributed by atoms with Crippen LogP contribution in [0.5, 0.6) is 0 Å². The lowest BCUT2D eigenvalue weighted by molar-refractivity contribution is -0.116. The molecule has 0 saturated heterocycles. The number of ether oxygens (including phenoxy) is 1. The lowest BCUT2D eigenvalue weighted by Crippen LogP contribution is -2.34. The Morgan fingerprint density at radius 1 is 1.29 bits per heavy atom. The standard InChI is InChI=1S/C18H28N2O3S/c1-6-20(15-9-7-8-14(2)12-15)16(21)13-24-11-10-19-17(22)23-18(3,4)5/h7-9,12H,6,10-11,13H2,1-5H3,(H,19,22). The molecule has 0 saturated carbocycles. The number of hydrogen-bond acceptors (Lipinski definition) is 4. The van der Waals surface area contributed by atoms with E-state index in [0.717, 1.165) is 11.3 Å². The van der Waals surface area contributed by atoms with Gasteiger partial charge in [-0.2, -0.15) is 11.8 Å². The Kier molecular flexibility index (Phi) is 8.11. The van der Waals surface area contributed by atoms with E-state index in [-0.39, 0.29) is 5.91 Å². The molecule has 0 aromatic heterocycles. The maximum Gasteiger partial charge on any atom is 0.407 e. The summed E-state index contributed by atoms with van der Waals surface area (Å²) in [6.45, 7) is 10.6. The van der Waals surface area contributed by atoms with Gasteiger partial charge < -0.3 is 15.0 Å². The van der Waals surface area contributed by atoms with Gasteiger partial charge in [0.2, 0.25) is 5.91 Å². The zero-order valence-corrected chi connectivity index (χ0v) is 16.0. The lowest BCUT2D eigenvalue weighted by Gasteiger charge is -2.21. The van der Waals surface area contributed by atoms with E-state index < -0.39 is 11.7 Å². The first-order chi connectivity index (χ1) is 11.2. The topological polar surface area (TPSA) is 58.6 Å². The van der Waals surface area contributed by atoms with E-state index in [0.29, 0.717) is 24.6 Å². The first-order valence-corrected chi connectivity index (χ1v) is 9.30. The quantitative estimate of drug-likeness (QED) is 0.762. The highest BCUT2D eigenvalue weighted by Gasteiger charge is 2.16. The Morgan fingerprint density at radius 3 is 2.58 bits per heavy atom. The highest BCUT2D eigenvalue weighted by molar-refractivity contribution is 7.99. The van der Waals surface area contributed by atoms with Crippen molar-refractivity contribution in [2.75, 3.05) is 29.5 Å². The minimum absolute atomic E-state index is 0.0744. The average Bonchev–Trinajstić information content (AvgIpc) is 2.46. The van der Waals surface area contributed by atoms with Crippen LogP contribution in [0.2, 0.25) is 0 Å². The molecule has 1 aromatic carbocycles. The normalized spacial score (nSPS) is 11.0. The summed E-state index contributed by atoms with van der Waals surface area (Å²) in [5.74, 6) is 1.12. The summed E-state index contributed by atoms with van der Waals surface area (Å²) in [6.07, 6.45) is -0.427. The number of nitrogens with zero attached hydrogens (tertiary/aromatic N) is 1. The van der Waals surface area contributed by atoms with Gasteiger partial charge in [-0.05, 0) is 52.3 Å². The molecule has 6 heteroatoms. The predicted molar refractivity (Wildman–Crippen MR) is 101 cm³/mol. The molecule has 1 N–H and O–H groups in total. The second-order valence-corrected chi connectivity index (χ2v) is 7.56. The number of thioether (sulfide) groups is 1. The lowest BCUT2D eigenvalue weighted by atomic mass is 10.2. The van der Waals surface area contributed by atoms with Crippen LogP contribution in [0.25, 0.3) is 0 Å². The van der Waals surface area contributed by atoms with Gasteiger partial charge in [0.05, 0.1) is 5.75 Å². The van der Waals surface area contributed by atoms with Crippen LogP contribution in [-0.2, 0) is 9.53 Å². The smallest absolute Gasteiger partial charge is 0.407 e. The Balaban J connectivity index is 2.34. The Morgan fingerprint density at radius 2 is 2.00 bits per heavy atom. The maximum absolute atomic E-state index is 12.4. The summed E-state index contributed by atoms with van der Waals surface area (Å²) in [6, 6.07) is 7.93. The fraction of sp³-hybridized carbons (Fsp3) is 0.556. The number of nitrogens with one attached hydrogen (secondary N) is 1. The monoisotopic (exact) mass is 352 g/mol. The summed E-state index contributed by atoms with van der Waals surface area (Å²) in [7, 11) is 0. The van der Waals surface area contributed by atoms with Crippen molar-refractivity contribution >= 4 is 29.4 Å². The summed E-state index contributed by atoms with van der Waals surface area (Å²) in [5.41, 5.74) is 1.56. The van der Waals surface area contributed by atoms with Crippen molar-refractivity contribution in [1.29, 1.82) is 0 Å². The Hall–Kier alpha value is -1.69. The van der Waals surface area contributed by atoms with Gasteiger partial charge >= 0.3 is 6.09 Å². The third-order valence-corrected chi connectivity index (χ3v) is 4.01. The molecule has 0 spiro atoms. The van der Waals surface area contributed by atoms with Crippen molar-refractivity contribution in [1.82, 2.24) is 5.32 Å². The number of benzene rings is 1. The Bertz CT molecular complexity index is 555. The van der Waals surface area contributed by atoms with Crippen molar-refractivity contribution in [3.63, 3.8) is 0 Å². The van der Waals surface area contributed by atoms with Crippen molar-refractivity contribution in [2.24, 2.45) is 0 Å². The molecular weight excluding hydrogens is 324 g/mol. The second-order valence-electron chi connectivity index (χ2n) is 6.46. The molecule has 0 aliphatic rings. The molecule has 0 fully saturated rings. The van der Waals surface area contributed by atoms with Crippen LogP contribution in [0.4, 0.5) is 10.5 Å². The summed E-state index contributed by atoms with van der Waals surface area (Å²) in [5, 5.41) is 2.69. The van der Waals surface area contributed by atoms with Crippen LogP contribution >= 0.6 is 11.8 Å². The van der Waals surface area contributed by atoms with Crippen LogP contribution in [0, 0.1) is 6.92 Å². The second kappa shape index (κ2) is 9.57. The van der Waals surface area contributed by atoms with Gasteiger partial charge in [-0.15, -0.1) is 0 Å². The van der Waals surface area contributed by atoms with E-state index in [2.05, 4.69) is 5.32 Å². The Labute approximate surface area is 149 Å². The molecular formula is C18H28N2O3S. The molecule has 1 aromatic rings. The minimum Gasteiger partial charge on any atom is -0.444 e. The summed E-state index contributed by atoms with van der Waals surface area (Å²) in [4.78, 5) is 25.7. The average molecular weight is 353 g/mol. The number of carbonyl (C=O) groups excluding carboxylic acids is 2. The fourth-order valence-electron chi connectivity index (χ4n) is 2.08. The number of aryl methyl sites for hydroxylation is 1. The molecule has 134 valence electrons. The molecule has 1 rings (SSSR count). The van der Waals surface area contributed by atoms with Gasteiger partial charge in [0.15, 0.2) is 0 Å². The van der Waals surface area contributed by atoms with Gasteiger partial charge in [0, 0.05) is 24.5 Å². The summed E-state index contributed by atoms with van der Waals surface area (Å²) >= 11 is 1.50. The molecule has 0 radical (unpaired) electrons. The summed E-state index contributed by atoms with van der Waals surface area (Å²) < 4.78 is 5.16. The van der Waals surface area contributed by atoms with Crippen molar-refractivity contribution in [3.05, 3.63) is 29.8 Å². The first kappa shape index (κ1) is 20.4. The molecule has 5 nitrogen and oxygen atoms in total. The molecule has 0 heterocycles. The van der Waals surface area contributed by atoms with E-state index in [9.17, 15) is 9.59 Å². The van der Waals surface area contributed by atoms with E-state index in [4.69, 9.17) is 4.74 Å². The first-order valence-electron chi connectivity index (χ1n) is 8.14. The molecule has 0 bridgehead atoms. The maximum atomic E-state index is 12.4.